The quantitative estimate of drug-likeness (QED) is 0.570. The average molecular weight is 359 g/mol. The van der Waals surface area contributed by atoms with E-state index >= 15 is 0 Å². The van der Waals surface area contributed by atoms with Gasteiger partial charge in [0.1, 0.15) is 5.65 Å². The molecule has 7 nitrogen and oxygen atoms in total. The van der Waals surface area contributed by atoms with E-state index in [0.29, 0.717) is 22.1 Å². The summed E-state index contributed by atoms with van der Waals surface area (Å²) in [6, 6.07) is 8.15. The van der Waals surface area contributed by atoms with Crippen LogP contribution in [0.15, 0.2) is 46.2 Å². The molecule has 8 heteroatoms. The minimum atomic E-state index is -2.95. The van der Waals surface area contributed by atoms with Gasteiger partial charge in [-0.1, -0.05) is 6.07 Å². The Hall–Kier alpha value is -2.74. The SMILES string of the molecule is COC(=O)C(C)c1ccc2nc3ccc(S(C)(=N)=O)cn3c(=O)c2c1. The lowest BCUT2D eigenvalue weighted by Crippen LogP contribution is -2.17. The molecule has 0 fully saturated rings. The average Bonchev–Trinajstić information content (AvgIpc) is 2.59. The number of ether oxygens (including phenoxy) is 1. The van der Waals surface area contributed by atoms with Gasteiger partial charge in [0.25, 0.3) is 5.56 Å². The molecule has 3 aromatic rings. The van der Waals surface area contributed by atoms with E-state index in [9.17, 15) is 13.8 Å². The molecule has 0 saturated carbocycles. The Morgan fingerprint density at radius 2 is 2.04 bits per heavy atom. The van der Waals surface area contributed by atoms with Crippen molar-refractivity contribution in [2.24, 2.45) is 0 Å². The van der Waals surface area contributed by atoms with Crippen molar-refractivity contribution in [3.63, 3.8) is 0 Å². The zero-order valence-corrected chi connectivity index (χ0v) is 14.8. The maximum Gasteiger partial charge on any atom is 0.312 e. The molecular formula is C17H17N3O4S. The molecule has 1 aromatic carbocycles. The van der Waals surface area contributed by atoms with E-state index in [4.69, 9.17) is 9.52 Å². The number of esters is 1. The molecule has 2 unspecified atom stereocenters. The number of rotatable bonds is 3. The first-order valence-electron chi connectivity index (χ1n) is 7.50. The summed E-state index contributed by atoms with van der Waals surface area (Å²) in [6.45, 7) is 1.70. The van der Waals surface area contributed by atoms with Gasteiger partial charge in [-0.25, -0.2) is 14.0 Å². The van der Waals surface area contributed by atoms with Crippen LogP contribution >= 0.6 is 0 Å². The van der Waals surface area contributed by atoms with Crippen molar-refractivity contribution < 1.29 is 13.7 Å². The van der Waals surface area contributed by atoms with Crippen LogP contribution in [-0.4, -0.2) is 32.9 Å². The van der Waals surface area contributed by atoms with E-state index in [1.54, 1.807) is 31.2 Å². The van der Waals surface area contributed by atoms with E-state index < -0.39 is 21.6 Å². The predicted octanol–water partition coefficient (Wildman–Crippen LogP) is 2.16. The maximum absolute atomic E-state index is 12.8. The third kappa shape index (κ3) is 3.00. The maximum atomic E-state index is 12.8. The highest BCUT2D eigenvalue weighted by atomic mass is 32.2. The monoisotopic (exact) mass is 359 g/mol. The molecule has 0 aliphatic rings. The van der Waals surface area contributed by atoms with Gasteiger partial charge in [0.05, 0.1) is 38.6 Å². The van der Waals surface area contributed by atoms with Gasteiger partial charge in [-0.05, 0) is 36.8 Å². The number of fused-ring (bicyclic) bond motifs is 2. The Morgan fingerprint density at radius 1 is 1.32 bits per heavy atom. The Kier molecular flexibility index (Phi) is 4.08. The van der Waals surface area contributed by atoms with Crippen molar-refractivity contribution in [2.75, 3.05) is 13.4 Å². The van der Waals surface area contributed by atoms with Crippen LogP contribution in [0.1, 0.15) is 18.4 Å². The van der Waals surface area contributed by atoms with Crippen LogP contribution in [0.4, 0.5) is 0 Å². The number of carbonyl (C=O) groups is 1. The van der Waals surface area contributed by atoms with Crippen LogP contribution in [0.5, 0.6) is 0 Å². The van der Waals surface area contributed by atoms with Crippen LogP contribution < -0.4 is 5.56 Å². The predicted molar refractivity (Wildman–Crippen MR) is 94.5 cm³/mol. The Labute approximate surface area is 144 Å². The second-order valence-corrected chi connectivity index (χ2v) is 8.03. The number of hydrogen-bond acceptors (Lipinski definition) is 6. The third-order valence-electron chi connectivity index (χ3n) is 4.11. The smallest absolute Gasteiger partial charge is 0.312 e. The second kappa shape index (κ2) is 5.96. The van der Waals surface area contributed by atoms with Crippen molar-refractivity contribution in [2.45, 2.75) is 17.7 Å². The molecule has 0 aliphatic carbocycles. The summed E-state index contributed by atoms with van der Waals surface area (Å²) in [4.78, 5) is 29.2. The summed E-state index contributed by atoms with van der Waals surface area (Å²) >= 11 is 0. The van der Waals surface area contributed by atoms with Crippen molar-refractivity contribution in [3.05, 3.63) is 52.4 Å². The highest BCUT2D eigenvalue weighted by molar-refractivity contribution is 7.91. The van der Waals surface area contributed by atoms with Crippen LogP contribution in [0, 0.1) is 4.78 Å². The first-order chi connectivity index (χ1) is 11.7. The normalized spacial score (nSPS) is 15.0. The van der Waals surface area contributed by atoms with Crippen LogP contribution in [0.25, 0.3) is 16.6 Å². The molecule has 130 valence electrons. The largest absolute Gasteiger partial charge is 0.469 e. The summed E-state index contributed by atoms with van der Waals surface area (Å²) in [7, 11) is -1.64. The number of nitrogens with one attached hydrogen (secondary N) is 1. The number of aromatic nitrogens is 2. The number of benzene rings is 1. The summed E-state index contributed by atoms with van der Waals surface area (Å²) in [5.74, 6) is -0.904. The molecule has 0 bridgehead atoms. The summed E-state index contributed by atoms with van der Waals surface area (Å²) in [6.07, 6.45) is 2.68. The standard InChI is InChI=1S/C17H17N3O4S/c1-10(17(22)24-2)11-4-6-14-13(8-11)16(21)20-9-12(25(3,18)23)5-7-15(20)19-14/h4-10,18H,1-3H3. The van der Waals surface area contributed by atoms with Crippen LogP contribution in [-0.2, 0) is 19.3 Å². The van der Waals surface area contributed by atoms with Gasteiger partial charge in [-0.15, -0.1) is 0 Å². The fourth-order valence-electron chi connectivity index (χ4n) is 2.62. The first kappa shape index (κ1) is 17.1. The van der Waals surface area contributed by atoms with Gasteiger partial charge in [0.15, 0.2) is 0 Å². The van der Waals surface area contributed by atoms with Gasteiger partial charge >= 0.3 is 5.97 Å². The van der Waals surface area contributed by atoms with E-state index in [1.165, 1.54) is 30.0 Å². The summed E-state index contributed by atoms with van der Waals surface area (Å²) < 4.78 is 25.6. The van der Waals surface area contributed by atoms with Crippen molar-refractivity contribution in [1.29, 1.82) is 4.78 Å². The molecule has 0 spiro atoms. The van der Waals surface area contributed by atoms with Crippen molar-refractivity contribution in [1.82, 2.24) is 9.38 Å². The summed E-state index contributed by atoms with van der Waals surface area (Å²) in [5, 5.41) is 0.343. The topological polar surface area (TPSA) is 102 Å². The number of nitrogens with zero attached hydrogens (tertiary/aromatic N) is 2. The molecule has 0 amide bonds. The Morgan fingerprint density at radius 3 is 2.68 bits per heavy atom. The molecule has 0 radical (unpaired) electrons. The van der Waals surface area contributed by atoms with Gasteiger partial charge in [-0.2, -0.15) is 0 Å². The van der Waals surface area contributed by atoms with E-state index in [2.05, 4.69) is 4.98 Å². The second-order valence-electron chi connectivity index (χ2n) is 5.88. The number of pyridine rings is 1. The fourth-order valence-corrected chi connectivity index (χ4v) is 3.25. The van der Waals surface area contributed by atoms with Gasteiger partial charge in [0.2, 0.25) is 0 Å². The number of methoxy groups -OCH3 is 1. The molecule has 0 saturated heterocycles. The van der Waals surface area contributed by atoms with Crippen LogP contribution in [0.3, 0.4) is 0 Å². The first-order valence-corrected chi connectivity index (χ1v) is 9.46. The minimum Gasteiger partial charge on any atom is -0.469 e. The van der Waals surface area contributed by atoms with Gasteiger partial charge in [0, 0.05) is 12.5 Å². The number of carbonyl (C=O) groups excluding carboxylic acids is 1. The zero-order chi connectivity index (χ0) is 18.4. The lowest BCUT2D eigenvalue weighted by atomic mass is 10.00. The molecule has 3 rings (SSSR count). The molecule has 2 aromatic heterocycles. The zero-order valence-electron chi connectivity index (χ0n) is 14.0. The Bertz CT molecular complexity index is 1170. The highest BCUT2D eigenvalue weighted by Crippen LogP contribution is 2.21. The summed E-state index contributed by atoms with van der Waals surface area (Å²) in [5.41, 5.74) is 1.21. The van der Waals surface area contributed by atoms with Gasteiger partial charge < -0.3 is 4.74 Å². The third-order valence-corrected chi connectivity index (χ3v) is 5.25. The molecular weight excluding hydrogens is 342 g/mol. The lowest BCUT2D eigenvalue weighted by molar-refractivity contribution is -0.141. The van der Waals surface area contributed by atoms with E-state index in [1.807, 2.05) is 0 Å². The number of hydrogen-bond donors (Lipinski definition) is 1. The molecule has 2 atom stereocenters. The van der Waals surface area contributed by atoms with E-state index in [0.717, 1.165) is 0 Å². The van der Waals surface area contributed by atoms with Crippen molar-refractivity contribution in [3.8, 4) is 0 Å². The molecule has 25 heavy (non-hydrogen) atoms. The molecule has 1 N–H and O–H groups in total. The fraction of sp³-hybridized carbons (Fsp3) is 0.235. The molecule has 0 aliphatic heterocycles. The van der Waals surface area contributed by atoms with Gasteiger partial charge in [-0.3, -0.25) is 14.0 Å². The highest BCUT2D eigenvalue weighted by Gasteiger charge is 2.17. The van der Waals surface area contributed by atoms with E-state index in [-0.39, 0.29) is 10.5 Å². The minimum absolute atomic E-state index is 0.252. The Balaban J connectivity index is 2.29. The van der Waals surface area contributed by atoms with Crippen molar-refractivity contribution >= 4 is 32.2 Å². The lowest BCUT2D eigenvalue weighted by Gasteiger charge is -2.11. The molecule has 2 heterocycles. The van der Waals surface area contributed by atoms with Crippen LogP contribution in [0.2, 0.25) is 0 Å².